The van der Waals surface area contributed by atoms with Crippen LogP contribution in [0.1, 0.15) is 48.0 Å². The molecule has 1 aliphatic rings. The van der Waals surface area contributed by atoms with E-state index < -0.39 is 0 Å². The predicted molar refractivity (Wildman–Crippen MR) is 81.0 cm³/mol. The summed E-state index contributed by atoms with van der Waals surface area (Å²) in [5.74, 6) is 0.722. The van der Waals surface area contributed by atoms with Crippen LogP contribution in [0.2, 0.25) is 0 Å². The Hall–Kier alpha value is -1.02. The molecule has 0 aromatic heterocycles. The van der Waals surface area contributed by atoms with Crippen molar-refractivity contribution in [2.45, 2.75) is 48.0 Å². The fourth-order valence-electron chi connectivity index (χ4n) is 2.47. The highest BCUT2D eigenvalue weighted by molar-refractivity contribution is 5.41. The van der Waals surface area contributed by atoms with E-state index in [0.717, 1.165) is 17.6 Å². The monoisotopic (exact) mass is 264 g/mol. The fraction of sp³-hybridized carbons (Fsp3) is 0.647. The van der Waals surface area contributed by atoms with Gasteiger partial charge >= 0.3 is 0 Å². The highest BCUT2D eigenvalue weighted by atomic mass is 16.3. The van der Waals surface area contributed by atoms with Gasteiger partial charge in [-0.15, -0.1) is 0 Å². The Balaban J connectivity index is 3.25. The van der Waals surface area contributed by atoms with Gasteiger partial charge in [0.15, 0.2) is 0 Å². The van der Waals surface area contributed by atoms with Gasteiger partial charge in [0.2, 0.25) is 0 Å². The van der Waals surface area contributed by atoms with E-state index in [0.29, 0.717) is 5.76 Å². The lowest BCUT2D eigenvalue weighted by Gasteiger charge is -2.35. The zero-order valence-corrected chi connectivity index (χ0v) is 13.1. The van der Waals surface area contributed by atoms with Gasteiger partial charge in [0.25, 0.3) is 0 Å². The maximum Gasteiger partial charge on any atom is 0.118 e. The molecule has 0 spiro atoms. The van der Waals surface area contributed by atoms with Gasteiger partial charge in [0, 0.05) is 0 Å². The Labute approximate surface area is 117 Å². The van der Waals surface area contributed by atoms with Crippen molar-refractivity contribution >= 4 is 0 Å². The Morgan fingerprint density at radius 2 is 1.74 bits per heavy atom. The third-order valence-electron chi connectivity index (χ3n) is 3.56. The van der Waals surface area contributed by atoms with Crippen LogP contribution in [-0.2, 0) is 0 Å². The van der Waals surface area contributed by atoms with Gasteiger partial charge in [-0.1, -0.05) is 59.8 Å². The van der Waals surface area contributed by atoms with Crippen molar-refractivity contribution in [3.63, 3.8) is 0 Å². The second-order valence-electron chi connectivity index (χ2n) is 7.39. The van der Waals surface area contributed by atoms with Gasteiger partial charge < -0.3 is 10.2 Å². The molecule has 2 nitrogen and oxygen atoms in total. The number of aliphatic hydroxyl groups excluding tert-OH is 2. The molecule has 0 bridgehead atoms. The van der Waals surface area contributed by atoms with Crippen LogP contribution >= 0.6 is 0 Å². The molecule has 2 heteroatoms. The van der Waals surface area contributed by atoms with Gasteiger partial charge in [0.05, 0.1) is 6.61 Å². The molecule has 0 radical (unpaired) electrons. The first kappa shape index (κ1) is 16.0. The Kier molecular flexibility index (Phi) is 4.67. The van der Waals surface area contributed by atoms with Crippen molar-refractivity contribution in [2.24, 2.45) is 16.7 Å². The minimum absolute atomic E-state index is 0.0415. The lowest BCUT2D eigenvalue weighted by atomic mass is 9.71. The number of allylic oxidation sites excluding steroid dienone is 4. The minimum atomic E-state index is -0.0771. The van der Waals surface area contributed by atoms with Crippen LogP contribution in [0.3, 0.4) is 0 Å². The van der Waals surface area contributed by atoms with Crippen molar-refractivity contribution < 1.29 is 10.2 Å². The Bertz CT molecular complexity index is 412. The molecular formula is C17H28O2. The van der Waals surface area contributed by atoms with Crippen LogP contribution in [0.15, 0.2) is 35.1 Å². The van der Waals surface area contributed by atoms with E-state index in [1.807, 2.05) is 6.08 Å². The first-order chi connectivity index (χ1) is 8.57. The molecule has 0 saturated heterocycles. The Morgan fingerprint density at radius 1 is 1.16 bits per heavy atom. The summed E-state index contributed by atoms with van der Waals surface area (Å²) in [4.78, 5) is 0. The smallest absolute Gasteiger partial charge is 0.118 e. The zero-order chi connectivity index (χ0) is 14.8. The zero-order valence-electron chi connectivity index (χ0n) is 13.1. The lowest BCUT2D eigenvalue weighted by Crippen LogP contribution is -2.24. The molecule has 0 aliphatic heterocycles. The largest absolute Gasteiger partial charge is 0.508 e. The van der Waals surface area contributed by atoms with Crippen molar-refractivity contribution in [1.29, 1.82) is 0 Å². The molecule has 1 aliphatic carbocycles. The highest BCUT2D eigenvalue weighted by Gasteiger charge is 2.32. The number of hydrogen-bond donors (Lipinski definition) is 2. The molecule has 0 aromatic rings. The molecule has 108 valence electrons. The highest BCUT2D eigenvalue weighted by Crippen LogP contribution is 2.43. The normalized spacial score (nSPS) is 22.1. The quantitative estimate of drug-likeness (QED) is 0.726. The van der Waals surface area contributed by atoms with E-state index in [1.54, 1.807) is 6.08 Å². The number of hydrogen-bond acceptors (Lipinski definition) is 2. The van der Waals surface area contributed by atoms with Crippen molar-refractivity contribution in [2.75, 3.05) is 6.61 Å². The molecule has 1 atom stereocenters. The van der Waals surface area contributed by atoms with Crippen molar-refractivity contribution in [3.05, 3.63) is 35.1 Å². The average Bonchev–Trinajstić information content (AvgIpc) is 2.24. The predicted octanol–water partition coefficient (Wildman–Crippen LogP) is 4.39. The first-order valence-electron chi connectivity index (χ1n) is 7.00. The van der Waals surface area contributed by atoms with E-state index in [2.05, 4.69) is 47.6 Å². The van der Waals surface area contributed by atoms with Crippen molar-refractivity contribution in [3.8, 4) is 0 Å². The van der Waals surface area contributed by atoms with E-state index in [1.165, 1.54) is 0 Å². The molecular weight excluding hydrogens is 236 g/mol. The summed E-state index contributed by atoms with van der Waals surface area (Å²) in [5, 5.41) is 19.5. The van der Waals surface area contributed by atoms with Gasteiger partial charge in [-0.3, -0.25) is 0 Å². The molecule has 1 unspecified atom stereocenters. The van der Waals surface area contributed by atoms with E-state index in [4.69, 9.17) is 5.11 Å². The SMILES string of the molecule is CC(C)(C)C1=CC(C=CCO)CC(C(C)(C)C)=C1O. The molecule has 19 heavy (non-hydrogen) atoms. The maximum atomic E-state index is 10.6. The topological polar surface area (TPSA) is 40.5 Å². The molecule has 0 aromatic carbocycles. The molecule has 0 heterocycles. The van der Waals surface area contributed by atoms with Crippen LogP contribution < -0.4 is 0 Å². The maximum absolute atomic E-state index is 10.6. The lowest BCUT2D eigenvalue weighted by molar-refractivity contribution is 0.330. The standard InChI is InChI=1S/C17H28O2/c1-16(2,3)13-10-12(8-7-9-18)11-14(15(13)19)17(4,5)6/h7-8,10,12,18-19H,9,11H2,1-6H3. The molecule has 0 amide bonds. The minimum Gasteiger partial charge on any atom is -0.508 e. The second kappa shape index (κ2) is 5.54. The second-order valence-corrected chi connectivity index (χ2v) is 7.39. The van der Waals surface area contributed by atoms with E-state index in [-0.39, 0.29) is 23.4 Å². The summed E-state index contributed by atoms with van der Waals surface area (Å²) in [6, 6.07) is 0. The average molecular weight is 264 g/mol. The van der Waals surface area contributed by atoms with Gasteiger partial charge in [-0.05, 0) is 34.3 Å². The number of aliphatic hydroxyl groups is 2. The van der Waals surface area contributed by atoms with Crippen LogP contribution in [0.25, 0.3) is 0 Å². The Morgan fingerprint density at radius 3 is 2.16 bits per heavy atom. The summed E-state index contributed by atoms with van der Waals surface area (Å²) >= 11 is 0. The third kappa shape index (κ3) is 3.97. The third-order valence-corrected chi connectivity index (χ3v) is 3.56. The summed E-state index contributed by atoms with van der Waals surface area (Å²) in [5.41, 5.74) is 2.00. The van der Waals surface area contributed by atoms with Crippen LogP contribution in [0.4, 0.5) is 0 Å². The summed E-state index contributed by atoms with van der Waals surface area (Å²) in [7, 11) is 0. The van der Waals surface area contributed by atoms with Crippen LogP contribution in [0, 0.1) is 16.7 Å². The molecule has 1 rings (SSSR count). The molecule has 0 saturated carbocycles. The van der Waals surface area contributed by atoms with Crippen molar-refractivity contribution in [1.82, 2.24) is 0 Å². The fourth-order valence-corrected chi connectivity index (χ4v) is 2.47. The van der Waals surface area contributed by atoms with Crippen LogP contribution in [-0.4, -0.2) is 16.8 Å². The van der Waals surface area contributed by atoms with Gasteiger partial charge in [-0.2, -0.15) is 0 Å². The summed E-state index contributed by atoms with van der Waals surface area (Å²) in [6.45, 7) is 12.8. The van der Waals surface area contributed by atoms with E-state index >= 15 is 0 Å². The summed E-state index contributed by atoms with van der Waals surface area (Å²) in [6.07, 6.45) is 6.77. The molecule has 2 N–H and O–H groups in total. The van der Waals surface area contributed by atoms with E-state index in [9.17, 15) is 5.11 Å². The molecule has 0 fully saturated rings. The summed E-state index contributed by atoms with van der Waals surface area (Å²) < 4.78 is 0. The van der Waals surface area contributed by atoms with Gasteiger partial charge in [0.1, 0.15) is 5.76 Å². The van der Waals surface area contributed by atoms with Crippen LogP contribution in [0.5, 0.6) is 0 Å². The van der Waals surface area contributed by atoms with Gasteiger partial charge in [-0.25, -0.2) is 0 Å². The number of rotatable bonds is 2. The first-order valence-corrected chi connectivity index (χ1v) is 7.00.